The maximum absolute atomic E-state index is 12.2. The lowest BCUT2D eigenvalue weighted by molar-refractivity contribution is 0.104. The summed E-state index contributed by atoms with van der Waals surface area (Å²) in [5.41, 5.74) is 3.61. The number of carbonyl (C=O) groups is 1. The highest BCUT2D eigenvalue weighted by Crippen LogP contribution is 2.38. The summed E-state index contributed by atoms with van der Waals surface area (Å²) >= 11 is 0. The van der Waals surface area contributed by atoms with Gasteiger partial charge in [-0.1, -0.05) is 57.2 Å². The Morgan fingerprint density at radius 1 is 1.19 bits per heavy atom. The average molecular weight is 282 g/mol. The van der Waals surface area contributed by atoms with Crippen LogP contribution in [0, 0.1) is 11.3 Å². The number of hydrogen-bond acceptors (Lipinski definition) is 1. The van der Waals surface area contributed by atoms with Crippen LogP contribution in [0.15, 0.2) is 53.6 Å². The molecule has 2 rings (SSSR count). The minimum Gasteiger partial charge on any atom is -0.289 e. The molecule has 1 unspecified atom stereocenters. The molecule has 0 amide bonds. The van der Waals surface area contributed by atoms with Gasteiger partial charge in [-0.25, -0.2) is 0 Å². The summed E-state index contributed by atoms with van der Waals surface area (Å²) < 4.78 is 0. The number of benzene rings is 1. The molecule has 0 saturated carbocycles. The van der Waals surface area contributed by atoms with E-state index in [-0.39, 0.29) is 5.78 Å². The van der Waals surface area contributed by atoms with Gasteiger partial charge in [0.25, 0.3) is 0 Å². The topological polar surface area (TPSA) is 17.1 Å². The van der Waals surface area contributed by atoms with Gasteiger partial charge in [0.1, 0.15) is 0 Å². The summed E-state index contributed by atoms with van der Waals surface area (Å²) in [4.78, 5) is 12.2. The van der Waals surface area contributed by atoms with Gasteiger partial charge in [-0.15, -0.1) is 0 Å². The van der Waals surface area contributed by atoms with Crippen LogP contribution in [0.5, 0.6) is 0 Å². The van der Waals surface area contributed by atoms with Crippen molar-refractivity contribution < 1.29 is 4.79 Å². The summed E-state index contributed by atoms with van der Waals surface area (Å²) in [6, 6.07) is 9.49. The summed E-state index contributed by atoms with van der Waals surface area (Å²) in [5.74, 6) is 0.853. The van der Waals surface area contributed by atoms with Crippen molar-refractivity contribution >= 4 is 5.78 Å². The fraction of sp³-hybridized carbons (Fsp3) is 0.450. The number of allylic oxidation sites excluding steroid dienone is 4. The zero-order valence-corrected chi connectivity index (χ0v) is 13.6. The number of carbonyl (C=O) groups excluding carboxylic acids is 1. The third-order valence-corrected chi connectivity index (χ3v) is 4.55. The van der Waals surface area contributed by atoms with Crippen LogP contribution >= 0.6 is 0 Å². The van der Waals surface area contributed by atoms with Gasteiger partial charge in [0.2, 0.25) is 0 Å². The minimum atomic E-state index is 0.104. The van der Waals surface area contributed by atoms with E-state index < -0.39 is 0 Å². The molecule has 1 heteroatoms. The minimum absolute atomic E-state index is 0.104. The van der Waals surface area contributed by atoms with Crippen molar-refractivity contribution in [3.05, 3.63) is 59.2 Å². The Bertz CT molecular complexity index is 555. The lowest BCUT2D eigenvalue weighted by atomic mass is 9.72. The van der Waals surface area contributed by atoms with Gasteiger partial charge >= 0.3 is 0 Å². The molecule has 1 aliphatic carbocycles. The predicted molar refractivity (Wildman–Crippen MR) is 89.4 cm³/mol. The maximum Gasteiger partial charge on any atom is 0.186 e. The maximum atomic E-state index is 12.2. The molecule has 1 aliphatic rings. The molecule has 0 spiro atoms. The van der Waals surface area contributed by atoms with E-state index in [0.717, 1.165) is 29.9 Å². The second kappa shape index (κ2) is 6.43. The van der Waals surface area contributed by atoms with Crippen LogP contribution in [0.4, 0.5) is 0 Å². The highest BCUT2D eigenvalue weighted by Gasteiger charge is 2.26. The Labute approximate surface area is 128 Å². The van der Waals surface area contributed by atoms with E-state index in [0.29, 0.717) is 5.41 Å². The van der Waals surface area contributed by atoms with Crippen molar-refractivity contribution in [1.82, 2.24) is 0 Å². The first-order chi connectivity index (χ1) is 9.88. The van der Waals surface area contributed by atoms with Crippen LogP contribution in [0.3, 0.4) is 0 Å². The van der Waals surface area contributed by atoms with E-state index in [4.69, 9.17) is 0 Å². The normalized spacial score (nSPS) is 20.1. The van der Waals surface area contributed by atoms with Crippen LogP contribution in [-0.4, -0.2) is 5.78 Å². The van der Waals surface area contributed by atoms with Crippen molar-refractivity contribution in [3.63, 3.8) is 0 Å². The van der Waals surface area contributed by atoms with Crippen LogP contribution < -0.4 is 0 Å². The largest absolute Gasteiger partial charge is 0.289 e. The molecule has 0 bridgehead atoms. The molecule has 0 radical (unpaired) electrons. The smallest absolute Gasteiger partial charge is 0.186 e. The third-order valence-electron chi connectivity index (χ3n) is 4.55. The molecule has 0 fully saturated rings. The van der Waals surface area contributed by atoms with Gasteiger partial charge in [0, 0.05) is 5.56 Å². The highest BCUT2D eigenvalue weighted by atomic mass is 16.1. The van der Waals surface area contributed by atoms with Gasteiger partial charge in [-0.2, -0.15) is 0 Å². The summed E-state index contributed by atoms with van der Waals surface area (Å²) in [7, 11) is 0. The highest BCUT2D eigenvalue weighted by molar-refractivity contribution is 6.05. The first-order valence-corrected chi connectivity index (χ1v) is 7.85. The molecule has 0 N–H and O–H groups in total. The van der Waals surface area contributed by atoms with Crippen LogP contribution in [0.2, 0.25) is 0 Å². The van der Waals surface area contributed by atoms with Gasteiger partial charge in [-0.3, -0.25) is 4.79 Å². The van der Waals surface area contributed by atoms with E-state index in [1.165, 1.54) is 12.0 Å². The quantitative estimate of drug-likeness (QED) is 0.522. The molecule has 112 valence electrons. The van der Waals surface area contributed by atoms with Crippen molar-refractivity contribution in [2.24, 2.45) is 11.3 Å². The fourth-order valence-electron chi connectivity index (χ4n) is 2.95. The zero-order valence-electron chi connectivity index (χ0n) is 13.6. The molecule has 0 aliphatic heterocycles. The fourth-order valence-corrected chi connectivity index (χ4v) is 2.95. The van der Waals surface area contributed by atoms with Gasteiger partial charge in [0.05, 0.1) is 0 Å². The SMILES string of the molecule is C/C(=C\C(=O)c1ccccc1)C1=CCC(C(C)(C)C)CC1. The number of ketones is 1. The van der Waals surface area contributed by atoms with E-state index >= 15 is 0 Å². The monoisotopic (exact) mass is 282 g/mol. The predicted octanol–water partition coefficient (Wildman–Crippen LogP) is 5.59. The molecular weight excluding hydrogens is 256 g/mol. The lowest BCUT2D eigenvalue weighted by Crippen LogP contribution is -2.22. The standard InChI is InChI=1S/C20H26O/c1-15(14-19(21)17-8-6-5-7-9-17)16-10-12-18(13-11-16)20(2,3)4/h5-10,14,18H,11-13H2,1-4H3/b15-14+. The molecular formula is C20H26O. The summed E-state index contributed by atoms with van der Waals surface area (Å²) in [5, 5.41) is 0. The molecule has 0 saturated heterocycles. The number of rotatable bonds is 3. The Balaban J connectivity index is 2.07. The zero-order chi connectivity index (χ0) is 15.5. The Morgan fingerprint density at radius 3 is 2.38 bits per heavy atom. The molecule has 1 aromatic carbocycles. The second-order valence-corrected chi connectivity index (χ2v) is 7.12. The van der Waals surface area contributed by atoms with E-state index in [9.17, 15) is 4.79 Å². The molecule has 0 aromatic heterocycles. The van der Waals surface area contributed by atoms with Crippen molar-refractivity contribution in [2.75, 3.05) is 0 Å². The van der Waals surface area contributed by atoms with E-state index in [1.807, 2.05) is 30.3 Å². The first kappa shape index (κ1) is 15.8. The Morgan fingerprint density at radius 2 is 1.86 bits per heavy atom. The first-order valence-electron chi connectivity index (χ1n) is 7.85. The Hall–Kier alpha value is -1.63. The molecule has 1 nitrogen and oxygen atoms in total. The van der Waals surface area contributed by atoms with Crippen molar-refractivity contribution in [1.29, 1.82) is 0 Å². The van der Waals surface area contributed by atoms with Gasteiger partial charge in [0.15, 0.2) is 5.78 Å². The Kier molecular flexibility index (Phi) is 4.82. The molecule has 0 heterocycles. The van der Waals surface area contributed by atoms with E-state index in [1.54, 1.807) is 6.08 Å². The third kappa shape index (κ3) is 4.17. The van der Waals surface area contributed by atoms with Gasteiger partial charge < -0.3 is 0 Å². The van der Waals surface area contributed by atoms with E-state index in [2.05, 4.69) is 33.8 Å². The second-order valence-electron chi connectivity index (χ2n) is 7.12. The molecule has 1 atom stereocenters. The molecule has 1 aromatic rings. The lowest BCUT2D eigenvalue weighted by Gasteiger charge is -2.33. The number of hydrogen-bond donors (Lipinski definition) is 0. The molecule has 21 heavy (non-hydrogen) atoms. The summed E-state index contributed by atoms with van der Waals surface area (Å²) in [6.45, 7) is 9.01. The average Bonchev–Trinajstić information content (AvgIpc) is 2.47. The van der Waals surface area contributed by atoms with Crippen LogP contribution in [0.25, 0.3) is 0 Å². The van der Waals surface area contributed by atoms with Crippen molar-refractivity contribution in [2.45, 2.75) is 47.0 Å². The van der Waals surface area contributed by atoms with Crippen molar-refractivity contribution in [3.8, 4) is 0 Å². The van der Waals surface area contributed by atoms with Crippen LogP contribution in [0.1, 0.15) is 57.3 Å². The van der Waals surface area contributed by atoms with Crippen LogP contribution in [-0.2, 0) is 0 Å². The summed E-state index contributed by atoms with van der Waals surface area (Å²) in [6.07, 6.45) is 7.57. The van der Waals surface area contributed by atoms with Gasteiger partial charge in [-0.05, 0) is 54.7 Å².